The Hall–Kier alpha value is -1.79. The standard InChI is InChI=1S/C13H15F3N4/c1-8(2)9-7-10-11(17-5-6-20(10)19-9)18-12(3-4-12)13(14,15)16/h5-8H,3-4H2,1-2H3,(H,17,18). The van der Waals surface area contributed by atoms with Crippen molar-refractivity contribution in [2.75, 3.05) is 5.32 Å². The van der Waals surface area contributed by atoms with Crippen molar-refractivity contribution in [3.63, 3.8) is 0 Å². The maximum absolute atomic E-state index is 13.0. The molecule has 20 heavy (non-hydrogen) atoms. The van der Waals surface area contributed by atoms with Crippen LogP contribution in [0.4, 0.5) is 19.0 Å². The largest absolute Gasteiger partial charge is 0.411 e. The number of nitrogens with zero attached hydrogens (tertiary/aromatic N) is 3. The Labute approximate surface area is 114 Å². The second-order valence-electron chi connectivity index (χ2n) is 5.53. The minimum absolute atomic E-state index is 0.0877. The van der Waals surface area contributed by atoms with Gasteiger partial charge < -0.3 is 5.32 Å². The van der Waals surface area contributed by atoms with Crippen LogP contribution in [0.2, 0.25) is 0 Å². The normalized spacial score (nSPS) is 17.7. The molecule has 0 spiro atoms. The molecule has 0 aliphatic heterocycles. The lowest BCUT2D eigenvalue weighted by Crippen LogP contribution is -2.39. The first kappa shape index (κ1) is 13.2. The third kappa shape index (κ3) is 2.01. The van der Waals surface area contributed by atoms with Gasteiger partial charge in [-0.3, -0.25) is 0 Å². The van der Waals surface area contributed by atoms with E-state index in [1.54, 1.807) is 16.8 Å². The van der Waals surface area contributed by atoms with Gasteiger partial charge in [0.1, 0.15) is 11.1 Å². The van der Waals surface area contributed by atoms with Crippen molar-refractivity contribution in [3.8, 4) is 0 Å². The van der Waals surface area contributed by atoms with Gasteiger partial charge in [0.15, 0.2) is 5.82 Å². The van der Waals surface area contributed by atoms with E-state index in [0.717, 1.165) is 5.69 Å². The molecular formula is C13H15F3N4. The van der Waals surface area contributed by atoms with Gasteiger partial charge >= 0.3 is 6.18 Å². The lowest BCUT2D eigenvalue weighted by atomic mass is 10.1. The van der Waals surface area contributed by atoms with Gasteiger partial charge in [-0.05, 0) is 24.8 Å². The quantitative estimate of drug-likeness (QED) is 0.939. The van der Waals surface area contributed by atoms with Gasteiger partial charge in [-0.2, -0.15) is 18.3 Å². The number of halogens is 3. The third-order valence-electron chi connectivity index (χ3n) is 3.65. The van der Waals surface area contributed by atoms with Crippen LogP contribution in [0.3, 0.4) is 0 Å². The molecule has 1 N–H and O–H groups in total. The summed E-state index contributed by atoms with van der Waals surface area (Å²) in [6.07, 6.45) is -0.990. The molecule has 7 heteroatoms. The zero-order valence-corrected chi connectivity index (χ0v) is 11.2. The first-order valence-corrected chi connectivity index (χ1v) is 6.52. The molecule has 0 bridgehead atoms. The summed E-state index contributed by atoms with van der Waals surface area (Å²) < 4.78 is 40.6. The van der Waals surface area contributed by atoms with Crippen LogP contribution in [0.15, 0.2) is 18.5 Å². The average molecular weight is 284 g/mol. The summed E-state index contributed by atoms with van der Waals surface area (Å²) in [6.45, 7) is 3.97. The van der Waals surface area contributed by atoms with E-state index in [1.165, 1.54) is 6.20 Å². The highest BCUT2D eigenvalue weighted by atomic mass is 19.4. The van der Waals surface area contributed by atoms with Gasteiger partial charge in [-0.25, -0.2) is 9.50 Å². The van der Waals surface area contributed by atoms with Crippen LogP contribution in [0.5, 0.6) is 0 Å². The first-order valence-electron chi connectivity index (χ1n) is 6.52. The van der Waals surface area contributed by atoms with Crippen molar-refractivity contribution < 1.29 is 13.2 Å². The Morgan fingerprint density at radius 2 is 2.05 bits per heavy atom. The smallest absolute Gasteiger partial charge is 0.354 e. The Balaban J connectivity index is 2.00. The Morgan fingerprint density at radius 1 is 1.35 bits per heavy atom. The highest BCUT2D eigenvalue weighted by Crippen LogP contribution is 2.51. The fourth-order valence-electron chi connectivity index (χ4n) is 2.15. The topological polar surface area (TPSA) is 42.2 Å². The van der Waals surface area contributed by atoms with Gasteiger partial charge in [0.05, 0.1) is 5.69 Å². The van der Waals surface area contributed by atoms with Crippen molar-refractivity contribution >= 4 is 11.3 Å². The van der Waals surface area contributed by atoms with E-state index in [9.17, 15) is 13.2 Å². The number of aromatic nitrogens is 3. The number of hydrogen-bond acceptors (Lipinski definition) is 3. The predicted octanol–water partition coefficient (Wildman–Crippen LogP) is 3.36. The van der Waals surface area contributed by atoms with Gasteiger partial charge in [0.2, 0.25) is 0 Å². The molecule has 0 amide bonds. The number of hydrogen-bond donors (Lipinski definition) is 1. The van der Waals surface area contributed by atoms with Crippen LogP contribution in [0.1, 0.15) is 38.3 Å². The first-order chi connectivity index (χ1) is 9.32. The van der Waals surface area contributed by atoms with E-state index in [1.807, 2.05) is 13.8 Å². The van der Waals surface area contributed by atoms with Crippen molar-refractivity contribution in [1.82, 2.24) is 14.6 Å². The minimum atomic E-state index is -4.26. The summed E-state index contributed by atoms with van der Waals surface area (Å²) in [5.41, 5.74) is -0.408. The molecule has 2 aromatic heterocycles. The van der Waals surface area contributed by atoms with E-state index < -0.39 is 11.7 Å². The molecule has 0 atom stereocenters. The van der Waals surface area contributed by atoms with Crippen molar-refractivity contribution in [3.05, 3.63) is 24.2 Å². The summed E-state index contributed by atoms with van der Waals surface area (Å²) in [5.74, 6) is 0.446. The molecule has 0 saturated heterocycles. The molecule has 2 heterocycles. The monoisotopic (exact) mass is 284 g/mol. The van der Waals surface area contributed by atoms with E-state index >= 15 is 0 Å². The maximum Gasteiger partial charge on any atom is 0.411 e. The van der Waals surface area contributed by atoms with Gasteiger partial charge in [-0.1, -0.05) is 13.8 Å². The molecule has 3 rings (SSSR count). The summed E-state index contributed by atoms with van der Waals surface area (Å²) >= 11 is 0. The minimum Gasteiger partial charge on any atom is -0.354 e. The lowest BCUT2D eigenvalue weighted by Gasteiger charge is -2.21. The molecule has 4 nitrogen and oxygen atoms in total. The van der Waals surface area contributed by atoms with Crippen LogP contribution in [-0.2, 0) is 0 Å². The number of fused-ring (bicyclic) bond motifs is 1. The molecule has 1 aliphatic rings. The molecule has 108 valence electrons. The highest BCUT2D eigenvalue weighted by molar-refractivity contribution is 5.69. The average Bonchev–Trinajstić information content (AvgIpc) is 3.00. The molecule has 0 aromatic carbocycles. The lowest BCUT2D eigenvalue weighted by molar-refractivity contribution is -0.151. The number of rotatable bonds is 3. The van der Waals surface area contributed by atoms with E-state index in [-0.39, 0.29) is 24.6 Å². The molecule has 2 aromatic rings. The van der Waals surface area contributed by atoms with Crippen LogP contribution >= 0.6 is 0 Å². The zero-order chi connectivity index (χ0) is 14.5. The van der Waals surface area contributed by atoms with Crippen molar-refractivity contribution in [1.29, 1.82) is 0 Å². The fraction of sp³-hybridized carbons (Fsp3) is 0.538. The van der Waals surface area contributed by atoms with Crippen molar-refractivity contribution in [2.24, 2.45) is 0 Å². The summed E-state index contributed by atoms with van der Waals surface area (Å²) in [5, 5.41) is 6.91. The van der Waals surface area contributed by atoms with Crippen LogP contribution in [0.25, 0.3) is 5.52 Å². The molecule has 1 fully saturated rings. The van der Waals surface area contributed by atoms with Crippen LogP contribution < -0.4 is 5.32 Å². The second-order valence-corrected chi connectivity index (χ2v) is 5.53. The number of anilines is 1. The number of nitrogens with one attached hydrogen (secondary N) is 1. The Kier molecular flexibility index (Phi) is 2.71. The molecule has 1 aliphatic carbocycles. The Bertz CT molecular complexity index is 641. The predicted molar refractivity (Wildman–Crippen MR) is 68.7 cm³/mol. The zero-order valence-electron chi connectivity index (χ0n) is 11.2. The highest BCUT2D eigenvalue weighted by Gasteiger charge is 2.63. The van der Waals surface area contributed by atoms with Crippen LogP contribution in [-0.4, -0.2) is 26.3 Å². The molecule has 0 radical (unpaired) electrons. The number of alkyl halides is 3. The van der Waals surface area contributed by atoms with Crippen LogP contribution in [0, 0.1) is 0 Å². The SMILES string of the molecule is CC(C)c1cc2c(NC3(C(F)(F)F)CC3)nccn2n1. The molecule has 1 saturated carbocycles. The van der Waals surface area contributed by atoms with E-state index in [4.69, 9.17) is 0 Å². The summed E-state index contributed by atoms with van der Waals surface area (Å²) in [4.78, 5) is 4.05. The van der Waals surface area contributed by atoms with Gasteiger partial charge in [-0.15, -0.1) is 0 Å². The van der Waals surface area contributed by atoms with Crippen molar-refractivity contribution in [2.45, 2.75) is 44.3 Å². The molecule has 0 unspecified atom stereocenters. The molecular weight excluding hydrogens is 269 g/mol. The third-order valence-corrected chi connectivity index (χ3v) is 3.65. The fourth-order valence-corrected chi connectivity index (χ4v) is 2.15. The summed E-state index contributed by atoms with van der Waals surface area (Å²) in [7, 11) is 0. The summed E-state index contributed by atoms with van der Waals surface area (Å²) in [6, 6.07) is 1.78. The van der Waals surface area contributed by atoms with E-state index in [0.29, 0.717) is 5.52 Å². The van der Waals surface area contributed by atoms with Gasteiger partial charge in [0, 0.05) is 12.4 Å². The maximum atomic E-state index is 13.0. The van der Waals surface area contributed by atoms with E-state index in [2.05, 4.69) is 15.4 Å². The second kappa shape index (κ2) is 4.10. The van der Waals surface area contributed by atoms with Gasteiger partial charge in [0.25, 0.3) is 0 Å². The Morgan fingerprint density at radius 3 is 2.60 bits per heavy atom.